The van der Waals surface area contributed by atoms with E-state index < -0.39 is 6.09 Å². The molecule has 3 aromatic rings. The highest BCUT2D eigenvalue weighted by atomic mass is 19.1. The predicted octanol–water partition coefficient (Wildman–Crippen LogP) is 5.26. The highest BCUT2D eigenvalue weighted by Gasteiger charge is 2.28. The van der Waals surface area contributed by atoms with Gasteiger partial charge in [-0.3, -0.25) is 0 Å². The molecule has 0 spiro atoms. The van der Waals surface area contributed by atoms with Crippen LogP contribution in [0.3, 0.4) is 0 Å². The Morgan fingerprint density at radius 1 is 1.03 bits per heavy atom. The zero-order valence-corrected chi connectivity index (χ0v) is 17.1. The summed E-state index contributed by atoms with van der Waals surface area (Å²) in [6, 6.07) is 20.7. The van der Waals surface area contributed by atoms with Crippen molar-refractivity contribution in [1.82, 2.24) is 5.32 Å². The van der Waals surface area contributed by atoms with Crippen LogP contribution in [0.4, 0.5) is 9.18 Å². The van der Waals surface area contributed by atoms with Crippen molar-refractivity contribution in [2.45, 2.75) is 18.9 Å². The second-order valence-corrected chi connectivity index (χ2v) is 7.44. The molecule has 0 saturated heterocycles. The monoisotopic (exact) mass is 417 g/mol. The number of aliphatic hydroxyl groups is 1. The minimum Gasteiger partial charge on any atom is -0.449 e. The molecular formula is C26H24FNO3. The molecular weight excluding hydrogens is 393 g/mol. The Balaban J connectivity index is 1.28. The van der Waals surface area contributed by atoms with Gasteiger partial charge in [-0.25, -0.2) is 9.18 Å². The Kier molecular flexibility index (Phi) is 6.43. The number of hydrogen-bond donors (Lipinski definition) is 2. The summed E-state index contributed by atoms with van der Waals surface area (Å²) in [6.45, 7) is 0.522. The van der Waals surface area contributed by atoms with Gasteiger partial charge < -0.3 is 15.2 Å². The fourth-order valence-electron chi connectivity index (χ4n) is 3.98. The van der Waals surface area contributed by atoms with Crippen LogP contribution in [-0.2, 0) is 11.3 Å². The average Bonchev–Trinajstić information content (AvgIpc) is 3.11. The van der Waals surface area contributed by atoms with Crippen molar-refractivity contribution < 1.29 is 19.0 Å². The van der Waals surface area contributed by atoms with E-state index in [-0.39, 0.29) is 24.9 Å². The SMILES string of the molecule is O=C(NCCC=Cc1cc(F)ccc1CO)OCC1c2ccccc2-c2ccccc21. The molecule has 31 heavy (non-hydrogen) atoms. The normalized spacial score (nSPS) is 12.6. The molecule has 4 rings (SSSR count). The first kappa shape index (κ1) is 20.8. The summed E-state index contributed by atoms with van der Waals surface area (Å²) in [4.78, 5) is 12.2. The van der Waals surface area contributed by atoms with Crippen LogP contribution in [0, 0.1) is 5.82 Å². The molecule has 5 heteroatoms. The summed E-state index contributed by atoms with van der Waals surface area (Å²) in [6.07, 6.45) is 3.68. The van der Waals surface area contributed by atoms with Gasteiger partial charge in [0.05, 0.1) is 6.61 Å². The summed E-state index contributed by atoms with van der Waals surface area (Å²) in [5.41, 5.74) is 6.02. The lowest BCUT2D eigenvalue weighted by Gasteiger charge is -2.14. The van der Waals surface area contributed by atoms with Crippen molar-refractivity contribution in [2.75, 3.05) is 13.2 Å². The zero-order valence-electron chi connectivity index (χ0n) is 17.1. The van der Waals surface area contributed by atoms with Crippen LogP contribution in [0.15, 0.2) is 72.8 Å². The highest BCUT2D eigenvalue weighted by Crippen LogP contribution is 2.44. The number of amides is 1. The van der Waals surface area contributed by atoms with Crippen LogP contribution in [-0.4, -0.2) is 24.4 Å². The first-order valence-corrected chi connectivity index (χ1v) is 10.3. The summed E-state index contributed by atoms with van der Waals surface area (Å²) in [5.74, 6) is -0.323. The molecule has 1 amide bonds. The Morgan fingerprint density at radius 2 is 1.71 bits per heavy atom. The van der Waals surface area contributed by atoms with E-state index in [1.807, 2.05) is 30.3 Å². The molecule has 0 atom stereocenters. The molecule has 0 fully saturated rings. The number of ether oxygens (including phenoxy) is 1. The molecule has 0 heterocycles. The van der Waals surface area contributed by atoms with E-state index in [0.717, 1.165) is 0 Å². The van der Waals surface area contributed by atoms with Crippen molar-refractivity contribution in [3.05, 3.63) is 101 Å². The molecule has 2 N–H and O–H groups in total. The summed E-state index contributed by atoms with van der Waals surface area (Å²) in [7, 11) is 0. The summed E-state index contributed by atoms with van der Waals surface area (Å²) < 4.78 is 18.9. The number of halogens is 1. The molecule has 0 unspecified atom stereocenters. The fourth-order valence-corrected chi connectivity index (χ4v) is 3.98. The Labute approximate surface area is 181 Å². The van der Waals surface area contributed by atoms with E-state index in [0.29, 0.717) is 24.1 Å². The minimum atomic E-state index is -0.461. The molecule has 4 nitrogen and oxygen atoms in total. The largest absolute Gasteiger partial charge is 0.449 e. The molecule has 0 aromatic heterocycles. The molecule has 3 aromatic carbocycles. The third-order valence-electron chi connectivity index (χ3n) is 5.50. The Bertz CT molecular complexity index is 1060. The van der Waals surface area contributed by atoms with Crippen LogP contribution >= 0.6 is 0 Å². The van der Waals surface area contributed by atoms with Crippen LogP contribution in [0.1, 0.15) is 34.6 Å². The van der Waals surface area contributed by atoms with Crippen LogP contribution in [0.25, 0.3) is 17.2 Å². The molecule has 0 saturated carbocycles. The van der Waals surface area contributed by atoms with E-state index in [9.17, 15) is 14.3 Å². The van der Waals surface area contributed by atoms with Gasteiger partial charge in [0.2, 0.25) is 0 Å². The average molecular weight is 417 g/mol. The number of nitrogens with one attached hydrogen (secondary N) is 1. The number of alkyl carbamates (subject to hydrolysis) is 1. The van der Waals surface area contributed by atoms with Gasteiger partial charge in [0.25, 0.3) is 0 Å². The standard InChI is InChI=1S/C26H24FNO3/c27-20-13-12-19(16-29)18(15-20)7-5-6-14-28-26(30)31-17-25-23-10-3-1-8-21(23)22-9-2-4-11-24(22)25/h1-5,7-13,15,25,29H,6,14,16-17H2,(H,28,30). The van der Waals surface area contributed by atoms with E-state index in [4.69, 9.17) is 4.74 Å². The van der Waals surface area contributed by atoms with E-state index in [2.05, 4.69) is 29.6 Å². The number of carbonyl (C=O) groups excluding carboxylic acids is 1. The van der Waals surface area contributed by atoms with E-state index in [1.54, 1.807) is 12.1 Å². The van der Waals surface area contributed by atoms with E-state index >= 15 is 0 Å². The summed E-state index contributed by atoms with van der Waals surface area (Å²) in [5, 5.41) is 12.1. The quantitative estimate of drug-likeness (QED) is 0.516. The van der Waals surface area contributed by atoms with Crippen molar-refractivity contribution in [1.29, 1.82) is 0 Å². The van der Waals surface area contributed by atoms with Crippen LogP contribution < -0.4 is 5.32 Å². The number of rotatable bonds is 7. The number of benzene rings is 3. The maximum Gasteiger partial charge on any atom is 0.407 e. The lowest BCUT2D eigenvalue weighted by atomic mass is 9.98. The van der Waals surface area contributed by atoms with Crippen molar-refractivity contribution >= 4 is 12.2 Å². The molecule has 0 radical (unpaired) electrons. The third kappa shape index (κ3) is 4.67. The van der Waals surface area contributed by atoms with Gasteiger partial charge in [0.15, 0.2) is 0 Å². The Morgan fingerprint density at radius 3 is 2.39 bits per heavy atom. The lowest BCUT2D eigenvalue weighted by molar-refractivity contribution is 0.143. The molecule has 1 aliphatic carbocycles. The molecule has 0 aliphatic heterocycles. The Hall–Kier alpha value is -3.44. The maximum absolute atomic E-state index is 13.4. The molecule has 158 valence electrons. The number of fused-ring (bicyclic) bond motifs is 3. The maximum atomic E-state index is 13.4. The van der Waals surface area contributed by atoms with Gasteiger partial charge in [-0.2, -0.15) is 0 Å². The van der Waals surface area contributed by atoms with Gasteiger partial charge >= 0.3 is 6.09 Å². The van der Waals surface area contributed by atoms with E-state index in [1.165, 1.54) is 34.4 Å². The van der Waals surface area contributed by atoms with Crippen molar-refractivity contribution in [3.8, 4) is 11.1 Å². The first-order valence-electron chi connectivity index (χ1n) is 10.3. The van der Waals surface area contributed by atoms with Crippen molar-refractivity contribution in [3.63, 3.8) is 0 Å². The van der Waals surface area contributed by atoms with Gasteiger partial charge in [0, 0.05) is 12.5 Å². The number of hydrogen-bond acceptors (Lipinski definition) is 3. The second-order valence-electron chi connectivity index (χ2n) is 7.44. The molecule has 0 bridgehead atoms. The van der Waals surface area contributed by atoms with Crippen LogP contribution in [0.2, 0.25) is 0 Å². The lowest BCUT2D eigenvalue weighted by Crippen LogP contribution is -2.26. The fraction of sp³-hybridized carbons (Fsp3) is 0.192. The summed E-state index contributed by atoms with van der Waals surface area (Å²) >= 11 is 0. The third-order valence-corrected chi connectivity index (χ3v) is 5.50. The number of carbonyl (C=O) groups is 1. The smallest absolute Gasteiger partial charge is 0.407 e. The van der Waals surface area contributed by atoms with Crippen LogP contribution in [0.5, 0.6) is 0 Å². The van der Waals surface area contributed by atoms with Crippen molar-refractivity contribution in [2.24, 2.45) is 0 Å². The van der Waals surface area contributed by atoms with Gasteiger partial charge in [-0.05, 0) is 51.9 Å². The topological polar surface area (TPSA) is 58.6 Å². The molecule has 1 aliphatic rings. The highest BCUT2D eigenvalue weighted by molar-refractivity contribution is 5.79. The van der Waals surface area contributed by atoms with Gasteiger partial charge in [-0.15, -0.1) is 0 Å². The second kappa shape index (κ2) is 9.58. The zero-order chi connectivity index (χ0) is 21.6. The predicted molar refractivity (Wildman–Crippen MR) is 119 cm³/mol. The van der Waals surface area contributed by atoms with Gasteiger partial charge in [-0.1, -0.05) is 66.7 Å². The first-order chi connectivity index (χ1) is 15.2. The number of aliphatic hydroxyl groups excluding tert-OH is 1. The minimum absolute atomic E-state index is 0.0305. The van der Waals surface area contributed by atoms with Gasteiger partial charge in [0.1, 0.15) is 12.4 Å².